The normalized spacial score (nSPS) is 10.8. The molecular weight excluding hydrogens is 454 g/mol. The number of nitro benzene ring substituents is 1. The monoisotopic (exact) mass is 475 g/mol. The molecule has 0 unspecified atom stereocenters. The number of para-hydroxylation sites is 2. The molecule has 4 aromatic carbocycles. The fourth-order valence-electron chi connectivity index (χ4n) is 4.15. The summed E-state index contributed by atoms with van der Waals surface area (Å²) in [5.41, 5.74) is 4.12. The van der Waals surface area contributed by atoms with Crippen LogP contribution < -0.4 is 5.56 Å². The van der Waals surface area contributed by atoms with Gasteiger partial charge in [0, 0.05) is 28.8 Å². The van der Waals surface area contributed by atoms with E-state index in [2.05, 4.69) is 0 Å². The molecule has 1 aromatic heterocycles. The Morgan fingerprint density at radius 1 is 0.778 bits per heavy atom. The van der Waals surface area contributed by atoms with Crippen molar-refractivity contribution < 1.29 is 10.0 Å². The van der Waals surface area contributed by atoms with Gasteiger partial charge in [0.25, 0.3) is 11.2 Å². The van der Waals surface area contributed by atoms with Crippen molar-refractivity contribution in [1.82, 2.24) is 9.78 Å². The molecule has 0 aliphatic carbocycles. The van der Waals surface area contributed by atoms with E-state index < -0.39 is 10.5 Å². The third-order valence-corrected chi connectivity index (χ3v) is 5.96. The summed E-state index contributed by atoms with van der Waals surface area (Å²) in [6, 6.07) is 29.4. The lowest BCUT2D eigenvalue weighted by Crippen LogP contribution is -2.25. The first-order valence-corrected chi connectivity index (χ1v) is 11.3. The molecule has 7 nitrogen and oxygen atoms in total. The number of aryl methyl sites for hydroxylation is 1. The summed E-state index contributed by atoms with van der Waals surface area (Å²) in [5, 5.41) is 26.8. The van der Waals surface area contributed by atoms with E-state index in [0.717, 1.165) is 11.1 Å². The molecule has 176 valence electrons. The predicted molar refractivity (Wildman–Crippen MR) is 139 cm³/mol. The highest BCUT2D eigenvalue weighted by Crippen LogP contribution is 2.40. The molecule has 36 heavy (non-hydrogen) atoms. The molecule has 0 atom stereocenters. The Labute approximate surface area is 206 Å². The van der Waals surface area contributed by atoms with Gasteiger partial charge in [-0.3, -0.25) is 14.9 Å². The first-order chi connectivity index (χ1) is 17.4. The van der Waals surface area contributed by atoms with Gasteiger partial charge in [-0.2, -0.15) is 9.78 Å². The molecule has 1 N–H and O–H groups in total. The van der Waals surface area contributed by atoms with E-state index in [0.29, 0.717) is 28.1 Å². The summed E-state index contributed by atoms with van der Waals surface area (Å²) in [6.07, 6.45) is 0. The summed E-state index contributed by atoms with van der Waals surface area (Å²) in [5.74, 6) is -0.0385. The maximum absolute atomic E-state index is 14.0. The fourth-order valence-corrected chi connectivity index (χ4v) is 4.15. The lowest BCUT2D eigenvalue weighted by molar-refractivity contribution is -0.384. The highest BCUT2D eigenvalue weighted by molar-refractivity contribution is 5.93. The lowest BCUT2D eigenvalue weighted by atomic mass is 9.91. The van der Waals surface area contributed by atoms with Crippen LogP contribution in [-0.4, -0.2) is 19.8 Å². The van der Waals surface area contributed by atoms with Crippen LogP contribution in [0.5, 0.6) is 5.75 Å². The molecular formula is C29H21N3O4. The smallest absolute Gasteiger partial charge is 0.280 e. The van der Waals surface area contributed by atoms with Crippen LogP contribution in [0.3, 0.4) is 0 Å². The van der Waals surface area contributed by atoms with Crippen LogP contribution in [-0.2, 0) is 0 Å². The van der Waals surface area contributed by atoms with Crippen molar-refractivity contribution in [3.63, 3.8) is 0 Å². The number of hydrogen-bond acceptors (Lipinski definition) is 5. The van der Waals surface area contributed by atoms with Crippen molar-refractivity contribution >= 4 is 5.69 Å². The summed E-state index contributed by atoms with van der Waals surface area (Å²) < 4.78 is 1.30. The van der Waals surface area contributed by atoms with Gasteiger partial charge in [-0.15, -0.1) is 0 Å². The maximum Gasteiger partial charge on any atom is 0.280 e. The third-order valence-electron chi connectivity index (χ3n) is 5.96. The van der Waals surface area contributed by atoms with E-state index in [1.807, 2.05) is 49.4 Å². The zero-order valence-electron chi connectivity index (χ0n) is 19.3. The number of phenolic OH excluding ortho intramolecular Hbond substituents is 1. The molecule has 1 heterocycles. The summed E-state index contributed by atoms with van der Waals surface area (Å²) in [4.78, 5) is 24.8. The fraction of sp³-hybridized carbons (Fsp3) is 0.0345. The summed E-state index contributed by atoms with van der Waals surface area (Å²) >= 11 is 0. The highest BCUT2D eigenvalue weighted by Gasteiger charge is 2.24. The summed E-state index contributed by atoms with van der Waals surface area (Å²) in [7, 11) is 0. The van der Waals surface area contributed by atoms with E-state index in [1.54, 1.807) is 42.5 Å². The van der Waals surface area contributed by atoms with Crippen LogP contribution in [0.4, 0.5) is 5.69 Å². The number of nitrogens with zero attached hydrogens (tertiary/aromatic N) is 3. The first-order valence-electron chi connectivity index (χ1n) is 11.3. The van der Waals surface area contributed by atoms with Gasteiger partial charge in [0.1, 0.15) is 5.75 Å². The molecule has 0 saturated carbocycles. The van der Waals surface area contributed by atoms with Crippen molar-refractivity contribution in [3.8, 4) is 44.9 Å². The minimum Gasteiger partial charge on any atom is -0.507 e. The topological polar surface area (TPSA) is 98.3 Å². The van der Waals surface area contributed by atoms with E-state index in [9.17, 15) is 20.0 Å². The molecule has 5 aromatic rings. The summed E-state index contributed by atoms with van der Waals surface area (Å²) in [6.45, 7) is 1.97. The second kappa shape index (κ2) is 9.31. The van der Waals surface area contributed by atoms with Crippen molar-refractivity contribution in [1.29, 1.82) is 0 Å². The molecule has 0 aliphatic heterocycles. The number of rotatable bonds is 5. The van der Waals surface area contributed by atoms with Crippen LogP contribution in [0.2, 0.25) is 0 Å². The Hall–Kier alpha value is -5.04. The Morgan fingerprint density at radius 3 is 2.03 bits per heavy atom. The van der Waals surface area contributed by atoms with Gasteiger partial charge in [-0.05, 0) is 42.8 Å². The zero-order chi connectivity index (χ0) is 25.2. The first kappa shape index (κ1) is 22.7. The molecule has 0 radical (unpaired) electrons. The molecule has 5 rings (SSSR count). The second-order valence-electron chi connectivity index (χ2n) is 8.34. The predicted octanol–water partition coefficient (Wildman–Crippen LogP) is 6.16. The van der Waals surface area contributed by atoms with Gasteiger partial charge in [0.15, 0.2) is 0 Å². The number of aromatic nitrogens is 2. The number of hydrogen-bond donors (Lipinski definition) is 1. The van der Waals surface area contributed by atoms with Crippen molar-refractivity contribution in [3.05, 3.63) is 129 Å². The van der Waals surface area contributed by atoms with E-state index >= 15 is 0 Å². The van der Waals surface area contributed by atoms with Gasteiger partial charge in [-0.1, -0.05) is 66.2 Å². The largest absolute Gasteiger partial charge is 0.507 e. The second-order valence-corrected chi connectivity index (χ2v) is 8.34. The molecule has 0 aliphatic rings. The van der Waals surface area contributed by atoms with Crippen LogP contribution in [0.1, 0.15) is 5.56 Å². The Kier molecular flexibility index (Phi) is 5.88. The van der Waals surface area contributed by atoms with E-state index in [1.165, 1.54) is 22.9 Å². The lowest BCUT2D eigenvalue weighted by Gasteiger charge is -2.18. The average Bonchev–Trinajstić information content (AvgIpc) is 2.90. The standard InChI is InChI=1S/C29H21N3O4/c1-19-11-13-20(14-12-19)26-27(24-9-5-6-10-25(24)33)29(34)31(22-7-3-2-4-8-22)30-28(26)21-15-17-23(18-16-21)32(35)36/h2-18,33H,1H3. The average molecular weight is 476 g/mol. The molecule has 0 spiro atoms. The Balaban J connectivity index is 1.93. The highest BCUT2D eigenvalue weighted by atomic mass is 16.6. The van der Waals surface area contributed by atoms with Crippen molar-refractivity contribution in [2.45, 2.75) is 6.92 Å². The van der Waals surface area contributed by atoms with Gasteiger partial charge in [0.05, 0.1) is 21.9 Å². The Bertz CT molecular complexity index is 1630. The Morgan fingerprint density at radius 2 is 1.39 bits per heavy atom. The van der Waals surface area contributed by atoms with Gasteiger partial charge in [-0.25, -0.2) is 0 Å². The van der Waals surface area contributed by atoms with Gasteiger partial charge < -0.3 is 5.11 Å². The maximum atomic E-state index is 14.0. The third kappa shape index (κ3) is 4.14. The molecule has 0 saturated heterocycles. The van der Waals surface area contributed by atoms with E-state index in [-0.39, 0.29) is 17.0 Å². The molecule has 7 heteroatoms. The van der Waals surface area contributed by atoms with Crippen LogP contribution >= 0.6 is 0 Å². The van der Waals surface area contributed by atoms with Crippen LogP contribution in [0, 0.1) is 17.0 Å². The molecule has 0 fully saturated rings. The van der Waals surface area contributed by atoms with Crippen molar-refractivity contribution in [2.24, 2.45) is 0 Å². The van der Waals surface area contributed by atoms with Gasteiger partial charge in [0.2, 0.25) is 0 Å². The van der Waals surface area contributed by atoms with E-state index in [4.69, 9.17) is 5.10 Å². The molecule has 0 amide bonds. The quantitative estimate of drug-likeness (QED) is 0.243. The zero-order valence-corrected chi connectivity index (χ0v) is 19.3. The number of benzene rings is 4. The number of aromatic hydroxyl groups is 1. The van der Waals surface area contributed by atoms with Crippen LogP contribution in [0.25, 0.3) is 39.2 Å². The number of non-ortho nitro benzene ring substituents is 1. The van der Waals surface area contributed by atoms with Crippen LogP contribution in [0.15, 0.2) is 108 Å². The number of phenols is 1. The SMILES string of the molecule is Cc1ccc(-c2c(-c3ccc([N+](=O)[O-])cc3)nn(-c3ccccc3)c(=O)c2-c2ccccc2O)cc1. The number of nitro groups is 1. The van der Waals surface area contributed by atoms with Crippen molar-refractivity contribution in [2.75, 3.05) is 0 Å². The minimum atomic E-state index is -0.462. The van der Waals surface area contributed by atoms with Gasteiger partial charge >= 0.3 is 0 Å². The molecule has 0 bridgehead atoms. The minimum absolute atomic E-state index is 0.0385.